The molecule has 0 unspecified atom stereocenters. The van der Waals surface area contributed by atoms with Gasteiger partial charge in [0.05, 0.1) is 13.2 Å². The Labute approximate surface area is 87.7 Å². The molecule has 0 atom stereocenters. The highest BCUT2D eigenvalue weighted by Gasteiger charge is 2.35. The average Bonchev–Trinajstić information content (AvgIpc) is 2.15. The molecule has 0 aromatic carbocycles. The van der Waals surface area contributed by atoms with Gasteiger partial charge in [-0.2, -0.15) is 0 Å². The van der Waals surface area contributed by atoms with Gasteiger partial charge in [-0.05, 0) is 19.3 Å². The Morgan fingerprint density at radius 3 is 2.21 bits per heavy atom. The molecule has 1 saturated heterocycles. The minimum Gasteiger partial charge on any atom is -0.396 e. The summed E-state index contributed by atoms with van der Waals surface area (Å²) in [4.78, 5) is 0. The van der Waals surface area contributed by atoms with Gasteiger partial charge in [-0.25, -0.2) is 0 Å². The summed E-state index contributed by atoms with van der Waals surface area (Å²) >= 11 is 0. The van der Waals surface area contributed by atoms with Gasteiger partial charge in [0.1, 0.15) is 0 Å². The van der Waals surface area contributed by atoms with E-state index < -0.39 is 0 Å². The predicted molar refractivity (Wildman–Crippen MR) is 58.3 cm³/mol. The zero-order valence-corrected chi connectivity index (χ0v) is 9.43. The van der Waals surface area contributed by atoms with Crippen LogP contribution in [0.15, 0.2) is 0 Å². The average molecular weight is 200 g/mol. The maximum atomic E-state index is 8.62. The highest BCUT2D eigenvalue weighted by atomic mass is 16.5. The van der Waals surface area contributed by atoms with Gasteiger partial charge >= 0.3 is 0 Å². The van der Waals surface area contributed by atoms with E-state index in [1.54, 1.807) is 0 Å². The molecule has 1 aliphatic rings. The minimum atomic E-state index is 0.354. The minimum absolute atomic E-state index is 0.354. The van der Waals surface area contributed by atoms with Crippen molar-refractivity contribution in [2.24, 2.45) is 5.41 Å². The molecule has 0 amide bonds. The van der Waals surface area contributed by atoms with E-state index in [4.69, 9.17) is 9.84 Å². The summed E-state index contributed by atoms with van der Waals surface area (Å²) in [5.41, 5.74) is 0.539. The zero-order chi connectivity index (χ0) is 10.3. The largest absolute Gasteiger partial charge is 0.396 e. The van der Waals surface area contributed by atoms with Crippen molar-refractivity contribution in [3.63, 3.8) is 0 Å². The summed E-state index contributed by atoms with van der Waals surface area (Å²) in [6.07, 6.45) is 8.70. The number of aliphatic hydroxyl groups is 1. The van der Waals surface area contributed by atoms with E-state index in [1.165, 1.54) is 38.5 Å². The second-order valence-electron chi connectivity index (χ2n) is 4.59. The van der Waals surface area contributed by atoms with Crippen molar-refractivity contribution in [1.82, 2.24) is 0 Å². The molecule has 2 nitrogen and oxygen atoms in total. The summed E-state index contributed by atoms with van der Waals surface area (Å²) in [6, 6.07) is 0. The van der Waals surface area contributed by atoms with Crippen molar-refractivity contribution in [3.05, 3.63) is 0 Å². The van der Waals surface area contributed by atoms with Gasteiger partial charge in [0.2, 0.25) is 0 Å². The monoisotopic (exact) mass is 200 g/mol. The molecule has 84 valence electrons. The van der Waals surface area contributed by atoms with Crippen molar-refractivity contribution in [1.29, 1.82) is 0 Å². The molecule has 0 aromatic heterocycles. The Hall–Kier alpha value is -0.0800. The first-order valence-corrected chi connectivity index (χ1v) is 6.01. The van der Waals surface area contributed by atoms with Gasteiger partial charge in [0, 0.05) is 12.0 Å². The van der Waals surface area contributed by atoms with Crippen LogP contribution in [0.2, 0.25) is 0 Å². The first-order valence-electron chi connectivity index (χ1n) is 6.01. The van der Waals surface area contributed by atoms with Crippen LogP contribution in [0.3, 0.4) is 0 Å². The predicted octanol–water partition coefficient (Wildman–Crippen LogP) is 2.75. The first-order chi connectivity index (χ1) is 6.83. The van der Waals surface area contributed by atoms with E-state index in [-0.39, 0.29) is 0 Å². The van der Waals surface area contributed by atoms with Crippen molar-refractivity contribution < 1.29 is 9.84 Å². The third kappa shape index (κ3) is 3.58. The Bertz CT molecular complexity index is 136. The molecule has 1 rings (SSSR count). The second-order valence-corrected chi connectivity index (χ2v) is 4.59. The Morgan fingerprint density at radius 2 is 1.71 bits per heavy atom. The molecular weight excluding hydrogens is 176 g/mol. The number of aliphatic hydroxyl groups excluding tert-OH is 1. The highest BCUT2D eigenvalue weighted by molar-refractivity contribution is 4.83. The van der Waals surface area contributed by atoms with Crippen LogP contribution < -0.4 is 0 Å². The molecule has 0 aliphatic carbocycles. The molecule has 1 fully saturated rings. The van der Waals surface area contributed by atoms with Crippen molar-refractivity contribution in [2.45, 2.75) is 51.9 Å². The number of unbranched alkanes of at least 4 members (excludes halogenated alkanes) is 4. The maximum Gasteiger partial charge on any atom is 0.0544 e. The Kier molecular flexibility index (Phi) is 5.49. The van der Waals surface area contributed by atoms with Gasteiger partial charge in [0.25, 0.3) is 0 Å². The molecule has 0 aromatic rings. The molecule has 0 bridgehead atoms. The Morgan fingerprint density at radius 1 is 1.07 bits per heavy atom. The lowest BCUT2D eigenvalue weighted by atomic mass is 9.78. The van der Waals surface area contributed by atoms with E-state index >= 15 is 0 Å². The summed E-state index contributed by atoms with van der Waals surface area (Å²) in [5.74, 6) is 0. The van der Waals surface area contributed by atoms with E-state index in [9.17, 15) is 0 Å². The number of rotatable bonds is 8. The highest BCUT2D eigenvalue weighted by Crippen LogP contribution is 2.36. The quantitative estimate of drug-likeness (QED) is 0.610. The first kappa shape index (κ1) is 12.0. The van der Waals surface area contributed by atoms with Crippen LogP contribution in [0.4, 0.5) is 0 Å². The molecule has 1 aliphatic heterocycles. The topological polar surface area (TPSA) is 29.5 Å². The van der Waals surface area contributed by atoms with Gasteiger partial charge in [-0.1, -0.05) is 32.6 Å². The zero-order valence-electron chi connectivity index (χ0n) is 9.43. The standard InChI is InChI=1S/C12H24O2/c1-2-12(10-14-11-12)8-6-4-3-5-7-9-13/h13H,2-11H2,1H3. The molecular formula is C12H24O2. The van der Waals surface area contributed by atoms with Crippen LogP contribution in [-0.2, 0) is 4.74 Å². The fraction of sp³-hybridized carbons (Fsp3) is 1.00. The smallest absolute Gasteiger partial charge is 0.0544 e. The van der Waals surface area contributed by atoms with Crippen LogP contribution in [0, 0.1) is 5.41 Å². The number of hydrogen-bond donors (Lipinski definition) is 1. The van der Waals surface area contributed by atoms with Gasteiger partial charge in [-0.3, -0.25) is 0 Å². The molecule has 1 heterocycles. The lowest BCUT2D eigenvalue weighted by molar-refractivity contribution is -0.120. The molecule has 0 radical (unpaired) electrons. The van der Waals surface area contributed by atoms with E-state index in [2.05, 4.69) is 6.92 Å². The SMILES string of the molecule is CCC1(CCCCCCCO)COC1. The van der Waals surface area contributed by atoms with E-state index in [0.717, 1.165) is 19.6 Å². The van der Waals surface area contributed by atoms with Crippen molar-refractivity contribution >= 4 is 0 Å². The van der Waals surface area contributed by atoms with Crippen molar-refractivity contribution in [3.8, 4) is 0 Å². The molecule has 2 heteroatoms. The summed E-state index contributed by atoms with van der Waals surface area (Å²) in [5, 5.41) is 8.62. The third-order valence-corrected chi connectivity index (χ3v) is 3.43. The Balaban J connectivity index is 1.92. The van der Waals surface area contributed by atoms with E-state index in [0.29, 0.717) is 12.0 Å². The third-order valence-electron chi connectivity index (χ3n) is 3.43. The fourth-order valence-electron chi connectivity index (χ4n) is 2.06. The lowest BCUT2D eigenvalue weighted by Gasteiger charge is -2.41. The van der Waals surface area contributed by atoms with Gasteiger partial charge in [0.15, 0.2) is 0 Å². The van der Waals surface area contributed by atoms with Crippen LogP contribution in [0.5, 0.6) is 0 Å². The summed E-state index contributed by atoms with van der Waals surface area (Å²) < 4.78 is 5.29. The van der Waals surface area contributed by atoms with Gasteiger partial charge in [-0.15, -0.1) is 0 Å². The normalized spacial score (nSPS) is 19.3. The molecule has 1 N–H and O–H groups in total. The van der Waals surface area contributed by atoms with E-state index in [1.807, 2.05) is 0 Å². The molecule has 0 spiro atoms. The van der Waals surface area contributed by atoms with Crippen LogP contribution >= 0.6 is 0 Å². The fourth-order valence-corrected chi connectivity index (χ4v) is 2.06. The summed E-state index contributed by atoms with van der Waals surface area (Å²) in [6.45, 7) is 4.60. The summed E-state index contributed by atoms with van der Waals surface area (Å²) in [7, 11) is 0. The van der Waals surface area contributed by atoms with Gasteiger partial charge < -0.3 is 9.84 Å². The molecule has 0 saturated carbocycles. The maximum absolute atomic E-state index is 8.62. The second kappa shape index (κ2) is 6.41. The molecule has 14 heavy (non-hydrogen) atoms. The van der Waals surface area contributed by atoms with Crippen LogP contribution in [0.1, 0.15) is 51.9 Å². The van der Waals surface area contributed by atoms with Crippen LogP contribution in [-0.4, -0.2) is 24.9 Å². The number of ether oxygens (including phenoxy) is 1. The lowest BCUT2D eigenvalue weighted by Crippen LogP contribution is -2.41. The van der Waals surface area contributed by atoms with Crippen LogP contribution in [0.25, 0.3) is 0 Å². The number of hydrogen-bond acceptors (Lipinski definition) is 2. The van der Waals surface area contributed by atoms with Crippen molar-refractivity contribution in [2.75, 3.05) is 19.8 Å².